The van der Waals surface area contributed by atoms with Crippen LogP contribution < -0.4 is 10.1 Å². The van der Waals surface area contributed by atoms with E-state index in [0.717, 1.165) is 42.8 Å². The third kappa shape index (κ3) is 3.05. The Bertz CT molecular complexity index is 403. The predicted molar refractivity (Wildman–Crippen MR) is 76.2 cm³/mol. The molecule has 4 heteroatoms. The maximum atomic E-state index is 5.60. The molecule has 0 spiro atoms. The van der Waals surface area contributed by atoms with Crippen molar-refractivity contribution in [1.82, 2.24) is 5.32 Å². The van der Waals surface area contributed by atoms with Gasteiger partial charge < -0.3 is 14.8 Å². The summed E-state index contributed by atoms with van der Waals surface area (Å²) >= 11 is 3.53. The van der Waals surface area contributed by atoms with E-state index in [1.807, 2.05) is 19.2 Å². The van der Waals surface area contributed by atoms with Gasteiger partial charge in [0, 0.05) is 23.0 Å². The lowest BCUT2D eigenvalue weighted by atomic mass is 9.80. The Morgan fingerprint density at radius 2 is 2.33 bits per heavy atom. The first kappa shape index (κ1) is 13.8. The number of hydrogen-bond donors (Lipinski definition) is 1. The molecule has 18 heavy (non-hydrogen) atoms. The molecule has 1 unspecified atom stereocenters. The molecule has 1 N–H and O–H groups in total. The third-order valence-corrected chi connectivity index (χ3v) is 4.04. The van der Waals surface area contributed by atoms with Crippen LogP contribution in [0.4, 0.5) is 0 Å². The van der Waals surface area contributed by atoms with Gasteiger partial charge in [-0.2, -0.15) is 0 Å². The van der Waals surface area contributed by atoms with Crippen LogP contribution in [-0.2, 0) is 11.2 Å². The van der Waals surface area contributed by atoms with E-state index in [9.17, 15) is 0 Å². The highest BCUT2D eigenvalue weighted by atomic mass is 79.9. The van der Waals surface area contributed by atoms with Gasteiger partial charge in [-0.3, -0.25) is 0 Å². The van der Waals surface area contributed by atoms with Gasteiger partial charge in [0.2, 0.25) is 0 Å². The minimum Gasteiger partial charge on any atom is -0.496 e. The van der Waals surface area contributed by atoms with E-state index in [4.69, 9.17) is 9.47 Å². The van der Waals surface area contributed by atoms with Crippen LogP contribution in [0.15, 0.2) is 22.7 Å². The Labute approximate surface area is 117 Å². The summed E-state index contributed by atoms with van der Waals surface area (Å²) in [4.78, 5) is 0. The monoisotopic (exact) mass is 313 g/mol. The summed E-state index contributed by atoms with van der Waals surface area (Å²) in [5.41, 5.74) is 1.44. The second kappa shape index (κ2) is 6.04. The van der Waals surface area contributed by atoms with Crippen molar-refractivity contribution in [3.05, 3.63) is 28.2 Å². The van der Waals surface area contributed by atoms with Crippen molar-refractivity contribution in [2.75, 3.05) is 33.9 Å². The molecule has 3 nitrogen and oxygen atoms in total. The molecule has 0 aromatic heterocycles. The van der Waals surface area contributed by atoms with E-state index in [-0.39, 0.29) is 5.41 Å². The molecule has 0 radical (unpaired) electrons. The molecule has 0 saturated carbocycles. The first-order valence-corrected chi connectivity index (χ1v) is 7.03. The lowest BCUT2D eigenvalue weighted by Gasteiger charge is -2.28. The molecule has 0 bridgehead atoms. The lowest BCUT2D eigenvalue weighted by molar-refractivity contribution is 0.150. The molecule has 1 aliphatic heterocycles. The first-order chi connectivity index (χ1) is 8.69. The van der Waals surface area contributed by atoms with E-state index in [1.54, 1.807) is 7.11 Å². The number of ether oxygens (including phenoxy) is 2. The zero-order valence-corrected chi connectivity index (χ0v) is 12.5. The number of halogens is 1. The van der Waals surface area contributed by atoms with Crippen LogP contribution in [0.3, 0.4) is 0 Å². The quantitative estimate of drug-likeness (QED) is 0.906. The molecule has 1 fully saturated rings. The number of rotatable bonds is 5. The highest BCUT2D eigenvalue weighted by Crippen LogP contribution is 2.35. The highest BCUT2D eigenvalue weighted by Gasteiger charge is 2.35. The van der Waals surface area contributed by atoms with E-state index < -0.39 is 0 Å². The molecular weight excluding hydrogens is 294 g/mol. The molecule has 0 amide bonds. The molecule has 100 valence electrons. The van der Waals surface area contributed by atoms with Gasteiger partial charge in [0.25, 0.3) is 0 Å². The summed E-state index contributed by atoms with van der Waals surface area (Å²) in [5, 5.41) is 3.29. The van der Waals surface area contributed by atoms with Gasteiger partial charge in [0.1, 0.15) is 5.75 Å². The Morgan fingerprint density at radius 1 is 1.50 bits per heavy atom. The zero-order valence-electron chi connectivity index (χ0n) is 11.0. The largest absolute Gasteiger partial charge is 0.496 e. The van der Waals surface area contributed by atoms with Crippen LogP contribution in [0.2, 0.25) is 0 Å². The summed E-state index contributed by atoms with van der Waals surface area (Å²) in [5.74, 6) is 0.959. The molecule has 1 aromatic carbocycles. The Morgan fingerprint density at radius 3 is 2.94 bits per heavy atom. The fourth-order valence-electron chi connectivity index (χ4n) is 2.66. The Hall–Kier alpha value is -0.580. The van der Waals surface area contributed by atoms with Gasteiger partial charge in [-0.1, -0.05) is 15.9 Å². The zero-order chi connectivity index (χ0) is 13.0. The second-order valence-corrected chi connectivity index (χ2v) is 5.88. The normalized spacial score (nSPS) is 23.3. The van der Waals surface area contributed by atoms with Crippen molar-refractivity contribution < 1.29 is 9.47 Å². The average molecular weight is 314 g/mol. The van der Waals surface area contributed by atoms with Crippen molar-refractivity contribution in [2.24, 2.45) is 5.41 Å². The number of nitrogens with one attached hydrogen (secondary N) is 1. The minimum atomic E-state index is 0.197. The smallest absolute Gasteiger partial charge is 0.122 e. The first-order valence-electron chi connectivity index (χ1n) is 6.24. The Balaban J connectivity index is 2.23. The standard InChI is InChI=1S/C14H20BrNO2/c1-16-9-14(5-6-18-10-14)8-11-7-12(15)3-4-13(11)17-2/h3-4,7,16H,5-6,8-10H2,1-2H3. The van der Waals surface area contributed by atoms with Gasteiger partial charge >= 0.3 is 0 Å². The summed E-state index contributed by atoms with van der Waals surface area (Å²) in [6.45, 7) is 2.66. The van der Waals surface area contributed by atoms with E-state index >= 15 is 0 Å². The van der Waals surface area contributed by atoms with Gasteiger partial charge in [-0.15, -0.1) is 0 Å². The van der Waals surface area contributed by atoms with Crippen LogP contribution in [-0.4, -0.2) is 33.9 Å². The SMILES string of the molecule is CNCC1(Cc2cc(Br)ccc2OC)CCOC1. The van der Waals surface area contributed by atoms with Crippen molar-refractivity contribution in [2.45, 2.75) is 12.8 Å². The maximum Gasteiger partial charge on any atom is 0.122 e. The molecule has 1 atom stereocenters. The van der Waals surface area contributed by atoms with Crippen molar-refractivity contribution >= 4 is 15.9 Å². The summed E-state index contributed by atoms with van der Waals surface area (Å²) in [7, 11) is 3.72. The molecule has 1 heterocycles. The third-order valence-electron chi connectivity index (χ3n) is 3.54. The topological polar surface area (TPSA) is 30.5 Å². The number of methoxy groups -OCH3 is 1. The van der Waals surface area contributed by atoms with Gasteiger partial charge in [0.15, 0.2) is 0 Å². The van der Waals surface area contributed by atoms with Crippen LogP contribution in [0.5, 0.6) is 5.75 Å². The van der Waals surface area contributed by atoms with Crippen molar-refractivity contribution in [3.63, 3.8) is 0 Å². The molecule has 0 aliphatic carbocycles. The fraction of sp³-hybridized carbons (Fsp3) is 0.571. The minimum absolute atomic E-state index is 0.197. The van der Waals surface area contributed by atoms with E-state index in [1.165, 1.54) is 5.56 Å². The van der Waals surface area contributed by atoms with Crippen LogP contribution in [0.25, 0.3) is 0 Å². The van der Waals surface area contributed by atoms with Gasteiger partial charge in [-0.05, 0) is 43.7 Å². The molecule has 1 saturated heterocycles. The number of hydrogen-bond acceptors (Lipinski definition) is 3. The second-order valence-electron chi connectivity index (χ2n) is 4.97. The lowest BCUT2D eigenvalue weighted by Crippen LogP contribution is -2.35. The van der Waals surface area contributed by atoms with Crippen LogP contribution >= 0.6 is 15.9 Å². The summed E-state index contributed by atoms with van der Waals surface area (Å²) < 4.78 is 12.1. The Kier molecular flexibility index (Phi) is 4.65. The molecule has 1 aliphatic rings. The van der Waals surface area contributed by atoms with E-state index in [0.29, 0.717) is 0 Å². The van der Waals surface area contributed by atoms with Gasteiger partial charge in [0.05, 0.1) is 13.7 Å². The molecule has 1 aromatic rings. The van der Waals surface area contributed by atoms with E-state index in [2.05, 4.69) is 27.3 Å². The number of benzene rings is 1. The molecule has 2 rings (SSSR count). The van der Waals surface area contributed by atoms with Crippen LogP contribution in [0, 0.1) is 5.41 Å². The molecular formula is C14H20BrNO2. The average Bonchev–Trinajstić information content (AvgIpc) is 2.78. The summed E-state index contributed by atoms with van der Waals surface area (Å²) in [6, 6.07) is 6.18. The summed E-state index contributed by atoms with van der Waals surface area (Å²) in [6.07, 6.45) is 2.08. The van der Waals surface area contributed by atoms with Gasteiger partial charge in [-0.25, -0.2) is 0 Å². The fourth-order valence-corrected chi connectivity index (χ4v) is 3.06. The highest BCUT2D eigenvalue weighted by molar-refractivity contribution is 9.10. The van der Waals surface area contributed by atoms with Crippen LogP contribution in [0.1, 0.15) is 12.0 Å². The predicted octanol–water partition coefficient (Wildman–Crippen LogP) is 2.63. The maximum absolute atomic E-state index is 5.60. The van der Waals surface area contributed by atoms with Crippen molar-refractivity contribution in [3.8, 4) is 5.75 Å². The van der Waals surface area contributed by atoms with Crippen molar-refractivity contribution in [1.29, 1.82) is 0 Å².